The minimum atomic E-state index is -0.566. The van der Waals surface area contributed by atoms with Gasteiger partial charge >= 0.3 is 0 Å². The molecule has 2 aromatic heterocycles. The van der Waals surface area contributed by atoms with Gasteiger partial charge < -0.3 is 26.6 Å². The second kappa shape index (κ2) is 9.68. The zero-order valence-electron chi connectivity index (χ0n) is 19.0. The summed E-state index contributed by atoms with van der Waals surface area (Å²) in [4.78, 5) is 30.5. The van der Waals surface area contributed by atoms with Crippen molar-refractivity contribution in [2.45, 2.75) is 57.9 Å². The fourth-order valence-electron chi connectivity index (χ4n) is 4.32. The van der Waals surface area contributed by atoms with Crippen LogP contribution in [0.2, 0.25) is 0 Å². The SMILES string of the molecule is CC(C)c1cc(Nc2nc(N3CCC[C@H](N)C3)ncc2C(N)=O)cc(N2CCCCC2)n1. The highest BCUT2D eigenvalue weighted by molar-refractivity contribution is 5.98. The van der Waals surface area contributed by atoms with Crippen LogP contribution in [0, 0.1) is 0 Å². The summed E-state index contributed by atoms with van der Waals surface area (Å²) in [6.45, 7) is 7.81. The smallest absolute Gasteiger partial charge is 0.254 e. The van der Waals surface area contributed by atoms with Crippen LogP contribution < -0.4 is 26.6 Å². The Morgan fingerprint density at radius 1 is 1.09 bits per heavy atom. The third-order valence-electron chi connectivity index (χ3n) is 6.15. The highest BCUT2D eigenvalue weighted by Gasteiger charge is 2.22. The Morgan fingerprint density at radius 3 is 2.53 bits per heavy atom. The number of piperidine rings is 2. The van der Waals surface area contributed by atoms with E-state index in [1.54, 1.807) is 0 Å². The molecule has 0 saturated carbocycles. The molecule has 2 fully saturated rings. The summed E-state index contributed by atoms with van der Waals surface area (Å²) >= 11 is 0. The molecule has 0 aromatic carbocycles. The topological polar surface area (TPSA) is 126 Å². The van der Waals surface area contributed by atoms with Crippen LogP contribution in [0.5, 0.6) is 0 Å². The standard InChI is InChI=1S/C23H34N8O/c1-15(2)19-11-17(12-20(28-19)30-8-4-3-5-9-30)27-22-18(21(25)32)13-26-23(29-22)31-10-6-7-16(24)14-31/h11-13,15-16H,3-10,14,24H2,1-2H3,(H2,25,32)(H,26,27,28,29)/t16-/m0/s1. The molecule has 0 bridgehead atoms. The van der Waals surface area contributed by atoms with E-state index in [9.17, 15) is 4.79 Å². The number of hydrogen-bond donors (Lipinski definition) is 3. The number of rotatable bonds is 6. The average Bonchev–Trinajstić information content (AvgIpc) is 2.79. The van der Waals surface area contributed by atoms with Crippen LogP contribution in [0.25, 0.3) is 0 Å². The third-order valence-corrected chi connectivity index (χ3v) is 6.15. The van der Waals surface area contributed by atoms with Crippen molar-refractivity contribution in [1.29, 1.82) is 0 Å². The van der Waals surface area contributed by atoms with Gasteiger partial charge in [0.2, 0.25) is 5.95 Å². The van der Waals surface area contributed by atoms with E-state index in [-0.39, 0.29) is 17.5 Å². The zero-order valence-corrected chi connectivity index (χ0v) is 19.0. The van der Waals surface area contributed by atoms with Crippen molar-refractivity contribution in [2.75, 3.05) is 41.3 Å². The Balaban J connectivity index is 1.67. The summed E-state index contributed by atoms with van der Waals surface area (Å²) in [6.07, 6.45) is 7.10. The number of nitrogens with zero attached hydrogens (tertiary/aromatic N) is 5. The molecule has 172 valence electrons. The van der Waals surface area contributed by atoms with Gasteiger partial charge in [-0.3, -0.25) is 4.79 Å². The lowest BCUT2D eigenvalue weighted by atomic mass is 10.1. The minimum absolute atomic E-state index is 0.0977. The summed E-state index contributed by atoms with van der Waals surface area (Å²) in [5.74, 6) is 1.62. The average molecular weight is 439 g/mol. The fraction of sp³-hybridized carbons (Fsp3) is 0.565. The molecule has 2 aliphatic rings. The molecule has 2 saturated heterocycles. The van der Waals surface area contributed by atoms with Crippen molar-refractivity contribution in [2.24, 2.45) is 11.5 Å². The van der Waals surface area contributed by atoms with Gasteiger partial charge in [-0.1, -0.05) is 13.8 Å². The fourth-order valence-corrected chi connectivity index (χ4v) is 4.32. The number of primary amides is 1. The van der Waals surface area contributed by atoms with Gasteiger partial charge in [0.15, 0.2) is 0 Å². The molecule has 0 unspecified atom stereocenters. The first-order valence-corrected chi connectivity index (χ1v) is 11.6. The molecule has 1 atom stereocenters. The number of nitrogens with two attached hydrogens (primary N) is 2. The van der Waals surface area contributed by atoms with Crippen LogP contribution in [-0.4, -0.2) is 53.1 Å². The lowest BCUT2D eigenvalue weighted by Crippen LogP contribution is -2.43. The quantitative estimate of drug-likeness (QED) is 0.628. The predicted molar refractivity (Wildman–Crippen MR) is 128 cm³/mol. The molecule has 0 aliphatic carbocycles. The Labute approximate surface area is 189 Å². The van der Waals surface area contributed by atoms with Crippen molar-refractivity contribution >= 4 is 29.2 Å². The summed E-state index contributed by atoms with van der Waals surface area (Å²) in [7, 11) is 0. The number of carbonyl (C=O) groups excluding carboxylic acids is 1. The van der Waals surface area contributed by atoms with Gasteiger partial charge in [0, 0.05) is 55.9 Å². The molecule has 2 aromatic rings. The van der Waals surface area contributed by atoms with E-state index < -0.39 is 5.91 Å². The molecule has 0 radical (unpaired) electrons. The minimum Gasteiger partial charge on any atom is -0.365 e. The Bertz CT molecular complexity index is 957. The molecule has 5 N–H and O–H groups in total. The molecule has 4 heterocycles. The normalized spacial score (nSPS) is 19.3. The van der Waals surface area contributed by atoms with Crippen LogP contribution in [0.4, 0.5) is 23.3 Å². The monoisotopic (exact) mass is 438 g/mol. The molecule has 4 rings (SSSR count). The molecule has 32 heavy (non-hydrogen) atoms. The predicted octanol–water partition coefficient (Wildman–Crippen LogP) is 2.76. The maximum Gasteiger partial charge on any atom is 0.254 e. The summed E-state index contributed by atoms with van der Waals surface area (Å²) in [6, 6.07) is 4.14. The van der Waals surface area contributed by atoms with Gasteiger partial charge in [0.05, 0.1) is 0 Å². The number of hydrogen-bond acceptors (Lipinski definition) is 8. The molecule has 0 spiro atoms. The van der Waals surface area contributed by atoms with E-state index in [4.69, 9.17) is 16.5 Å². The largest absolute Gasteiger partial charge is 0.365 e. The number of amides is 1. The third kappa shape index (κ3) is 5.09. The van der Waals surface area contributed by atoms with Crippen molar-refractivity contribution in [1.82, 2.24) is 15.0 Å². The van der Waals surface area contributed by atoms with Crippen molar-refractivity contribution in [3.8, 4) is 0 Å². The summed E-state index contributed by atoms with van der Waals surface area (Å²) in [5.41, 5.74) is 13.9. The Morgan fingerprint density at radius 2 is 1.84 bits per heavy atom. The maximum atomic E-state index is 12.1. The van der Waals surface area contributed by atoms with Crippen LogP contribution in [-0.2, 0) is 0 Å². The molecular formula is C23H34N8O. The first kappa shape index (κ1) is 22.3. The summed E-state index contributed by atoms with van der Waals surface area (Å²) < 4.78 is 0. The zero-order chi connectivity index (χ0) is 22.7. The second-order valence-electron chi connectivity index (χ2n) is 9.11. The maximum absolute atomic E-state index is 12.1. The number of carbonyl (C=O) groups is 1. The highest BCUT2D eigenvalue weighted by Crippen LogP contribution is 2.29. The second-order valence-corrected chi connectivity index (χ2v) is 9.11. The first-order chi connectivity index (χ1) is 15.4. The van der Waals surface area contributed by atoms with Gasteiger partial charge in [-0.25, -0.2) is 9.97 Å². The van der Waals surface area contributed by atoms with Gasteiger partial charge in [-0.15, -0.1) is 0 Å². The van der Waals surface area contributed by atoms with E-state index in [1.807, 2.05) is 12.1 Å². The van der Waals surface area contributed by atoms with Crippen molar-refractivity contribution < 1.29 is 4.79 Å². The van der Waals surface area contributed by atoms with Gasteiger partial charge in [-0.05, 0) is 44.1 Å². The Hall–Kier alpha value is -2.94. The van der Waals surface area contributed by atoms with E-state index in [1.165, 1.54) is 25.5 Å². The van der Waals surface area contributed by atoms with E-state index in [2.05, 4.69) is 38.9 Å². The Kier molecular flexibility index (Phi) is 6.74. The lowest BCUT2D eigenvalue weighted by molar-refractivity contribution is 0.100. The van der Waals surface area contributed by atoms with Crippen LogP contribution >= 0.6 is 0 Å². The molecule has 9 nitrogen and oxygen atoms in total. The molecule has 9 heteroatoms. The van der Waals surface area contributed by atoms with Crippen molar-refractivity contribution in [3.63, 3.8) is 0 Å². The van der Waals surface area contributed by atoms with Crippen LogP contribution in [0.15, 0.2) is 18.3 Å². The number of anilines is 4. The number of pyridine rings is 1. The van der Waals surface area contributed by atoms with Gasteiger partial charge in [0.25, 0.3) is 5.91 Å². The number of nitrogens with one attached hydrogen (secondary N) is 1. The van der Waals surface area contributed by atoms with Gasteiger partial charge in [0.1, 0.15) is 17.2 Å². The van der Waals surface area contributed by atoms with Crippen molar-refractivity contribution in [3.05, 3.63) is 29.6 Å². The van der Waals surface area contributed by atoms with E-state index in [0.717, 1.165) is 49.7 Å². The molecule has 1 amide bonds. The van der Waals surface area contributed by atoms with Crippen LogP contribution in [0.3, 0.4) is 0 Å². The molecular weight excluding hydrogens is 404 g/mol. The molecule has 2 aliphatic heterocycles. The van der Waals surface area contributed by atoms with E-state index >= 15 is 0 Å². The first-order valence-electron chi connectivity index (χ1n) is 11.6. The van der Waals surface area contributed by atoms with E-state index in [0.29, 0.717) is 18.3 Å². The van der Waals surface area contributed by atoms with Crippen LogP contribution in [0.1, 0.15) is 67.9 Å². The highest BCUT2D eigenvalue weighted by atomic mass is 16.1. The number of aromatic nitrogens is 3. The summed E-state index contributed by atoms with van der Waals surface area (Å²) in [5, 5.41) is 3.34. The lowest BCUT2D eigenvalue weighted by Gasteiger charge is -2.31. The van der Waals surface area contributed by atoms with Gasteiger partial charge in [-0.2, -0.15) is 4.98 Å².